The summed E-state index contributed by atoms with van der Waals surface area (Å²) >= 11 is 0. The maximum Gasteiger partial charge on any atom is 0.0662 e. The van der Waals surface area contributed by atoms with Crippen molar-refractivity contribution in [3.63, 3.8) is 0 Å². The van der Waals surface area contributed by atoms with Crippen molar-refractivity contribution in [2.24, 2.45) is 11.1 Å². The van der Waals surface area contributed by atoms with E-state index in [9.17, 15) is 0 Å². The lowest BCUT2D eigenvalue weighted by molar-refractivity contribution is -0.148. The van der Waals surface area contributed by atoms with Gasteiger partial charge >= 0.3 is 0 Å². The van der Waals surface area contributed by atoms with Gasteiger partial charge in [-0.1, -0.05) is 33.6 Å². The van der Waals surface area contributed by atoms with Gasteiger partial charge in [-0.3, -0.25) is 0 Å². The molecular formula is C15H32N2O. The van der Waals surface area contributed by atoms with Crippen LogP contribution in [-0.4, -0.2) is 30.8 Å². The van der Waals surface area contributed by atoms with Crippen LogP contribution < -0.4 is 11.1 Å². The zero-order chi connectivity index (χ0) is 13.8. The van der Waals surface area contributed by atoms with Crippen LogP contribution in [0.5, 0.6) is 0 Å². The van der Waals surface area contributed by atoms with Crippen molar-refractivity contribution in [2.45, 2.75) is 78.0 Å². The van der Waals surface area contributed by atoms with E-state index >= 15 is 0 Å². The van der Waals surface area contributed by atoms with Gasteiger partial charge in [0.15, 0.2) is 0 Å². The highest BCUT2D eigenvalue weighted by Crippen LogP contribution is 2.49. The van der Waals surface area contributed by atoms with Gasteiger partial charge in [0.2, 0.25) is 0 Å². The first-order valence-corrected chi connectivity index (χ1v) is 7.51. The minimum absolute atomic E-state index is 0.0699. The standard InChI is InChI=1S/C15H32N2O/c1-6-8-9-12(3)17-11-15(16)10-13(18-7-2)14(15,4)5/h12-13,17H,6-11,16H2,1-5H3. The molecule has 1 rings (SSSR count). The molecule has 1 aliphatic carbocycles. The van der Waals surface area contributed by atoms with Crippen molar-refractivity contribution >= 4 is 0 Å². The summed E-state index contributed by atoms with van der Waals surface area (Å²) in [7, 11) is 0. The summed E-state index contributed by atoms with van der Waals surface area (Å²) in [6.45, 7) is 12.7. The number of ether oxygens (including phenoxy) is 1. The maximum atomic E-state index is 6.54. The van der Waals surface area contributed by atoms with E-state index in [1.165, 1.54) is 19.3 Å². The Bertz CT molecular complexity index is 255. The van der Waals surface area contributed by atoms with E-state index in [1.807, 2.05) is 0 Å². The summed E-state index contributed by atoms with van der Waals surface area (Å²) in [4.78, 5) is 0. The van der Waals surface area contributed by atoms with Gasteiger partial charge in [-0.05, 0) is 26.7 Å². The molecule has 3 nitrogen and oxygen atoms in total. The fourth-order valence-electron chi connectivity index (χ4n) is 2.78. The van der Waals surface area contributed by atoms with Crippen LogP contribution in [0.4, 0.5) is 0 Å². The van der Waals surface area contributed by atoms with Gasteiger partial charge in [-0.15, -0.1) is 0 Å². The van der Waals surface area contributed by atoms with Crippen molar-refractivity contribution in [1.29, 1.82) is 0 Å². The Labute approximate surface area is 113 Å². The highest BCUT2D eigenvalue weighted by atomic mass is 16.5. The molecule has 1 saturated carbocycles. The number of hydrogen-bond acceptors (Lipinski definition) is 3. The third-order valence-electron chi connectivity index (χ3n) is 4.76. The zero-order valence-corrected chi connectivity index (χ0v) is 12.9. The van der Waals surface area contributed by atoms with Crippen LogP contribution in [0.1, 0.15) is 60.3 Å². The molecule has 0 radical (unpaired) electrons. The van der Waals surface area contributed by atoms with E-state index in [0.29, 0.717) is 12.1 Å². The average Bonchev–Trinajstić information content (AvgIpc) is 2.33. The quantitative estimate of drug-likeness (QED) is 0.702. The highest BCUT2D eigenvalue weighted by molar-refractivity contribution is 5.14. The summed E-state index contributed by atoms with van der Waals surface area (Å²) in [6.07, 6.45) is 5.08. The molecule has 0 bridgehead atoms. The van der Waals surface area contributed by atoms with E-state index in [0.717, 1.165) is 19.6 Å². The lowest BCUT2D eigenvalue weighted by atomic mass is 9.54. The second-order valence-electron chi connectivity index (χ2n) is 6.45. The minimum atomic E-state index is -0.118. The summed E-state index contributed by atoms with van der Waals surface area (Å²) < 4.78 is 5.75. The van der Waals surface area contributed by atoms with Gasteiger partial charge in [0, 0.05) is 30.1 Å². The van der Waals surface area contributed by atoms with Crippen LogP contribution in [0.3, 0.4) is 0 Å². The number of nitrogens with two attached hydrogens (primary N) is 1. The normalized spacial score (nSPS) is 32.0. The molecule has 0 aromatic rings. The Hall–Kier alpha value is -0.120. The van der Waals surface area contributed by atoms with Crippen LogP contribution >= 0.6 is 0 Å². The van der Waals surface area contributed by atoms with Gasteiger partial charge in [0.1, 0.15) is 0 Å². The van der Waals surface area contributed by atoms with Gasteiger partial charge in [0.05, 0.1) is 6.10 Å². The van der Waals surface area contributed by atoms with Crippen LogP contribution in [0.25, 0.3) is 0 Å². The molecular weight excluding hydrogens is 224 g/mol. The first kappa shape index (κ1) is 15.9. The lowest BCUT2D eigenvalue weighted by Crippen LogP contribution is -2.73. The van der Waals surface area contributed by atoms with E-state index in [2.05, 4.69) is 39.9 Å². The Morgan fingerprint density at radius 3 is 2.56 bits per heavy atom. The summed E-state index contributed by atoms with van der Waals surface area (Å²) in [5.74, 6) is 0. The Kier molecular flexibility index (Phi) is 5.63. The predicted molar refractivity (Wildman–Crippen MR) is 77.7 cm³/mol. The first-order valence-electron chi connectivity index (χ1n) is 7.51. The molecule has 18 heavy (non-hydrogen) atoms. The van der Waals surface area contributed by atoms with Crippen molar-refractivity contribution in [3.8, 4) is 0 Å². The van der Waals surface area contributed by atoms with Crippen LogP contribution in [0.15, 0.2) is 0 Å². The van der Waals surface area contributed by atoms with Crippen LogP contribution in [0.2, 0.25) is 0 Å². The SMILES string of the molecule is CCCCC(C)NCC1(N)CC(OCC)C1(C)C. The lowest BCUT2D eigenvalue weighted by Gasteiger charge is -2.59. The smallest absolute Gasteiger partial charge is 0.0662 e. The van der Waals surface area contributed by atoms with Crippen molar-refractivity contribution in [1.82, 2.24) is 5.32 Å². The Morgan fingerprint density at radius 1 is 1.39 bits per heavy atom. The number of hydrogen-bond donors (Lipinski definition) is 2. The fraction of sp³-hybridized carbons (Fsp3) is 1.00. The van der Waals surface area contributed by atoms with Crippen LogP contribution in [0, 0.1) is 5.41 Å². The van der Waals surface area contributed by atoms with Gasteiger partial charge in [0.25, 0.3) is 0 Å². The van der Waals surface area contributed by atoms with Crippen molar-refractivity contribution in [3.05, 3.63) is 0 Å². The van der Waals surface area contributed by atoms with Gasteiger partial charge in [-0.2, -0.15) is 0 Å². The zero-order valence-electron chi connectivity index (χ0n) is 12.9. The molecule has 3 atom stereocenters. The second kappa shape index (κ2) is 6.36. The molecule has 0 aliphatic heterocycles. The summed E-state index contributed by atoms with van der Waals surface area (Å²) in [5, 5.41) is 3.60. The molecule has 3 heteroatoms. The van der Waals surface area contributed by atoms with E-state index < -0.39 is 0 Å². The highest BCUT2D eigenvalue weighted by Gasteiger charge is 2.58. The van der Waals surface area contributed by atoms with Crippen molar-refractivity contribution in [2.75, 3.05) is 13.2 Å². The Morgan fingerprint density at radius 2 is 2.06 bits per heavy atom. The monoisotopic (exact) mass is 256 g/mol. The molecule has 0 aromatic carbocycles. The molecule has 0 amide bonds. The molecule has 1 aliphatic rings. The van der Waals surface area contributed by atoms with Crippen LogP contribution in [-0.2, 0) is 4.74 Å². The second-order valence-corrected chi connectivity index (χ2v) is 6.45. The molecule has 0 spiro atoms. The molecule has 0 aromatic heterocycles. The molecule has 3 N–H and O–H groups in total. The number of nitrogens with one attached hydrogen (secondary N) is 1. The minimum Gasteiger partial charge on any atom is -0.378 e. The summed E-state index contributed by atoms with van der Waals surface area (Å²) in [5.41, 5.74) is 6.49. The van der Waals surface area contributed by atoms with Crippen molar-refractivity contribution < 1.29 is 4.74 Å². The Balaban J connectivity index is 2.38. The molecule has 0 heterocycles. The number of unbranched alkanes of at least 4 members (excludes halogenated alkanes) is 1. The molecule has 108 valence electrons. The van der Waals surface area contributed by atoms with Gasteiger partial charge in [-0.25, -0.2) is 0 Å². The first-order chi connectivity index (χ1) is 8.37. The third kappa shape index (κ3) is 3.25. The summed E-state index contributed by atoms with van der Waals surface area (Å²) in [6, 6.07) is 0.562. The fourth-order valence-corrected chi connectivity index (χ4v) is 2.78. The largest absolute Gasteiger partial charge is 0.378 e. The predicted octanol–water partition coefficient (Wildman–Crippen LogP) is 2.69. The molecule has 0 saturated heterocycles. The van der Waals surface area contributed by atoms with E-state index in [1.54, 1.807) is 0 Å². The third-order valence-corrected chi connectivity index (χ3v) is 4.76. The van der Waals surface area contributed by atoms with E-state index in [-0.39, 0.29) is 11.0 Å². The molecule has 3 unspecified atom stereocenters. The number of rotatable bonds is 8. The topological polar surface area (TPSA) is 47.3 Å². The molecule has 1 fully saturated rings. The average molecular weight is 256 g/mol. The maximum absolute atomic E-state index is 6.54. The van der Waals surface area contributed by atoms with Gasteiger partial charge < -0.3 is 15.8 Å². The van der Waals surface area contributed by atoms with E-state index in [4.69, 9.17) is 10.5 Å².